The van der Waals surface area contributed by atoms with Crippen LogP contribution in [0.3, 0.4) is 0 Å². The predicted octanol–water partition coefficient (Wildman–Crippen LogP) is 4.12. The highest BCUT2D eigenvalue weighted by Gasteiger charge is 2.14. The van der Waals surface area contributed by atoms with Crippen LogP contribution >= 0.6 is 0 Å². The third-order valence-corrected chi connectivity index (χ3v) is 4.15. The number of carbonyl (C=O) groups excluding carboxylic acids is 1. The number of hydrogen-bond acceptors (Lipinski definition) is 7. The van der Waals surface area contributed by atoms with E-state index in [0.29, 0.717) is 34.6 Å². The Hall–Kier alpha value is -4.07. The zero-order chi connectivity index (χ0) is 20.9. The summed E-state index contributed by atoms with van der Waals surface area (Å²) in [7, 11) is 0. The standard InChI is InChI=1S/C22H20N4O4/c1-14(2)25-20-11-22(24-12-23-20)30-17-6-4-16(5-7-17)26-21(27)10-15-3-8-18-19(9-15)29-13-28-18/h3-9,11-12H,1,10,13H2,2H3,(H,26,27)(H,23,24,25). The maximum Gasteiger partial charge on any atom is 0.231 e. The molecule has 0 bridgehead atoms. The number of anilines is 2. The van der Waals surface area contributed by atoms with Crippen molar-refractivity contribution in [1.82, 2.24) is 9.97 Å². The zero-order valence-electron chi connectivity index (χ0n) is 16.3. The highest BCUT2D eigenvalue weighted by atomic mass is 16.7. The van der Waals surface area contributed by atoms with E-state index in [1.165, 1.54) is 6.33 Å². The zero-order valence-corrected chi connectivity index (χ0v) is 16.3. The van der Waals surface area contributed by atoms with Crippen LogP contribution in [0.4, 0.5) is 11.5 Å². The maximum absolute atomic E-state index is 12.3. The van der Waals surface area contributed by atoms with Crippen molar-refractivity contribution in [3.8, 4) is 23.1 Å². The average Bonchev–Trinajstić information content (AvgIpc) is 3.17. The molecular weight excluding hydrogens is 384 g/mol. The molecule has 0 atom stereocenters. The van der Waals surface area contributed by atoms with Crippen molar-refractivity contribution < 1.29 is 19.0 Å². The molecule has 2 aromatic carbocycles. The molecule has 2 heterocycles. The van der Waals surface area contributed by atoms with Gasteiger partial charge in [-0.25, -0.2) is 9.97 Å². The number of rotatable bonds is 7. The Bertz CT molecular complexity index is 1080. The topological polar surface area (TPSA) is 94.6 Å². The van der Waals surface area contributed by atoms with Gasteiger partial charge in [-0.2, -0.15) is 0 Å². The molecule has 0 aliphatic carbocycles. The molecular formula is C22H20N4O4. The lowest BCUT2D eigenvalue weighted by atomic mass is 10.1. The van der Waals surface area contributed by atoms with Crippen molar-refractivity contribution in [3.63, 3.8) is 0 Å². The first kappa shape index (κ1) is 19.3. The number of fused-ring (bicyclic) bond motifs is 1. The van der Waals surface area contributed by atoms with Crippen molar-refractivity contribution in [1.29, 1.82) is 0 Å². The molecule has 1 amide bonds. The van der Waals surface area contributed by atoms with Crippen molar-refractivity contribution in [2.45, 2.75) is 13.3 Å². The lowest BCUT2D eigenvalue weighted by Crippen LogP contribution is -2.14. The van der Waals surface area contributed by atoms with Crippen LogP contribution in [0.15, 0.2) is 67.1 Å². The van der Waals surface area contributed by atoms with Gasteiger partial charge in [-0.3, -0.25) is 4.79 Å². The summed E-state index contributed by atoms with van der Waals surface area (Å²) in [6, 6.07) is 14.2. The van der Waals surface area contributed by atoms with Gasteiger partial charge in [-0.15, -0.1) is 0 Å². The predicted molar refractivity (Wildman–Crippen MR) is 112 cm³/mol. The lowest BCUT2D eigenvalue weighted by Gasteiger charge is -2.09. The van der Waals surface area contributed by atoms with Gasteiger partial charge in [-0.05, 0) is 48.9 Å². The van der Waals surface area contributed by atoms with E-state index in [4.69, 9.17) is 14.2 Å². The van der Waals surface area contributed by atoms with E-state index in [1.807, 2.05) is 25.1 Å². The number of nitrogens with one attached hydrogen (secondary N) is 2. The van der Waals surface area contributed by atoms with Crippen LogP contribution in [0.25, 0.3) is 0 Å². The summed E-state index contributed by atoms with van der Waals surface area (Å²) in [6.07, 6.45) is 1.64. The minimum Gasteiger partial charge on any atom is -0.454 e. The van der Waals surface area contributed by atoms with Gasteiger partial charge in [0.15, 0.2) is 11.5 Å². The third-order valence-electron chi connectivity index (χ3n) is 4.15. The van der Waals surface area contributed by atoms with Crippen molar-refractivity contribution in [2.75, 3.05) is 17.4 Å². The summed E-state index contributed by atoms with van der Waals surface area (Å²) in [4.78, 5) is 20.5. The van der Waals surface area contributed by atoms with E-state index < -0.39 is 0 Å². The summed E-state index contributed by atoms with van der Waals surface area (Å²) in [6.45, 7) is 5.82. The van der Waals surface area contributed by atoms with Crippen LogP contribution in [-0.2, 0) is 11.2 Å². The van der Waals surface area contributed by atoms with Crippen LogP contribution < -0.4 is 24.8 Å². The van der Waals surface area contributed by atoms with Gasteiger partial charge in [-0.1, -0.05) is 12.6 Å². The number of amides is 1. The van der Waals surface area contributed by atoms with E-state index >= 15 is 0 Å². The second-order valence-corrected chi connectivity index (χ2v) is 6.69. The van der Waals surface area contributed by atoms with Crippen LogP contribution in [0.1, 0.15) is 12.5 Å². The number of allylic oxidation sites excluding steroid dienone is 1. The quantitative estimate of drug-likeness (QED) is 0.611. The molecule has 1 aliphatic heterocycles. The Morgan fingerprint density at radius 3 is 2.67 bits per heavy atom. The van der Waals surface area contributed by atoms with E-state index in [-0.39, 0.29) is 19.1 Å². The van der Waals surface area contributed by atoms with Crippen LogP contribution in [0, 0.1) is 0 Å². The van der Waals surface area contributed by atoms with Crippen molar-refractivity contribution in [3.05, 3.63) is 72.7 Å². The molecule has 2 N–H and O–H groups in total. The number of carbonyl (C=O) groups is 1. The van der Waals surface area contributed by atoms with Crippen LogP contribution in [0.2, 0.25) is 0 Å². The van der Waals surface area contributed by atoms with Crippen LogP contribution in [-0.4, -0.2) is 22.7 Å². The second-order valence-electron chi connectivity index (χ2n) is 6.69. The highest BCUT2D eigenvalue weighted by molar-refractivity contribution is 5.92. The number of aromatic nitrogens is 2. The molecule has 152 valence electrons. The minimum atomic E-state index is -0.131. The molecule has 3 aromatic rings. The van der Waals surface area contributed by atoms with E-state index in [2.05, 4.69) is 27.2 Å². The highest BCUT2D eigenvalue weighted by Crippen LogP contribution is 2.32. The van der Waals surface area contributed by atoms with Gasteiger partial charge < -0.3 is 24.8 Å². The summed E-state index contributed by atoms with van der Waals surface area (Å²) in [5, 5.41) is 5.88. The molecule has 1 aromatic heterocycles. The van der Waals surface area contributed by atoms with Gasteiger partial charge in [0.05, 0.1) is 6.42 Å². The molecule has 0 radical (unpaired) electrons. The molecule has 30 heavy (non-hydrogen) atoms. The summed E-state index contributed by atoms with van der Waals surface area (Å²) < 4.78 is 16.4. The normalized spacial score (nSPS) is 11.6. The van der Waals surface area contributed by atoms with Gasteiger partial charge in [0.2, 0.25) is 18.6 Å². The Labute approximate surface area is 173 Å². The molecule has 0 unspecified atom stereocenters. The molecule has 0 saturated carbocycles. The van der Waals surface area contributed by atoms with Gasteiger partial charge >= 0.3 is 0 Å². The SMILES string of the molecule is C=C(C)Nc1cc(Oc2ccc(NC(=O)Cc3ccc4c(c3)OCO4)cc2)ncn1. The monoisotopic (exact) mass is 404 g/mol. The fraction of sp³-hybridized carbons (Fsp3) is 0.136. The number of hydrogen-bond donors (Lipinski definition) is 2. The van der Waals surface area contributed by atoms with Crippen molar-refractivity contribution >= 4 is 17.4 Å². The Balaban J connectivity index is 1.34. The summed E-state index contributed by atoms with van der Waals surface area (Å²) in [5.74, 6) is 2.81. The largest absolute Gasteiger partial charge is 0.454 e. The fourth-order valence-corrected chi connectivity index (χ4v) is 2.85. The molecule has 8 nitrogen and oxygen atoms in total. The molecule has 0 fully saturated rings. The molecule has 1 aliphatic rings. The van der Waals surface area contributed by atoms with E-state index in [1.54, 1.807) is 30.3 Å². The maximum atomic E-state index is 12.3. The molecule has 0 saturated heterocycles. The molecule has 8 heteroatoms. The number of ether oxygens (including phenoxy) is 3. The Morgan fingerprint density at radius 2 is 1.87 bits per heavy atom. The molecule has 0 spiro atoms. The summed E-state index contributed by atoms with van der Waals surface area (Å²) in [5.41, 5.74) is 2.28. The lowest BCUT2D eigenvalue weighted by molar-refractivity contribution is -0.115. The number of nitrogens with zero attached hydrogens (tertiary/aromatic N) is 2. The first-order chi connectivity index (χ1) is 14.5. The van der Waals surface area contributed by atoms with Crippen molar-refractivity contribution in [2.24, 2.45) is 0 Å². The van der Waals surface area contributed by atoms with Gasteiger partial charge in [0.1, 0.15) is 17.9 Å². The molecule has 4 rings (SSSR count). The second kappa shape index (κ2) is 8.52. The minimum absolute atomic E-state index is 0.131. The smallest absolute Gasteiger partial charge is 0.231 e. The van der Waals surface area contributed by atoms with Gasteiger partial charge in [0.25, 0.3) is 0 Å². The Kier molecular flexibility index (Phi) is 5.47. The Morgan fingerprint density at radius 1 is 1.07 bits per heavy atom. The first-order valence-corrected chi connectivity index (χ1v) is 9.26. The van der Waals surface area contributed by atoms with Gasteiger partial charge in [0, 0.05) is 17.5 Å². The van der Waals surface area contributed by atoms with Crippen LogP contribution in [0.5, 0.6) is 23.1 Å². The first-order valence-electron chi connectivity index (χ1n) is 9.26. The van der Waals surface area contributed by atoms with E-state index in [0.717, 1.165) is 11.3 Å². The number of benzene rings is 2. The van der Waals surface area contributed by atoms with E-state index in [9.17, 15) is 4.79 Å². The summed E-state index contributed by atoms with van der Waals surface area (Å²) >= 11 is 0. The fourth-order valence-electron chi connectivity index (χ4n) is 2.85. The average molecular weight is 404 g/mol. The third kappa shape index (κ3) is 4.85.